The zero-order valence-electron chi connectivity index (χ0n) is 24.5. The fourth-order valence-electron chi connectivity index (χ4n) is 7.04. The van der Waals surface area contributed by atoms with Crippen molar-refractivity contribution in [3.8, 4) is 17.2 Å². The highest BCUT2D eigenvalue weighted by molar-refractivity contribution is 7.27. The van der Waals surface area contributed by atoms with E-state index < -0.39 is 0 Å². The van der Waals surface area contributed by atoms with Gasteiger partial charge in [0.1, 0.15) is 0 Å². The van der Waals surface area contributed by atoms with E-state index in [1.54, 1.807) is 0 Å². The van der Waals surface area contributed by atoms with Crippen LogP contribution in [0.2, 0.25) is 0 Å². The van der Waals surface area contributed by atoms with E-state index >= 15 is 0 Å². The molecule has 0 bridgehead atoms. The first-order valence-corrected chi connectivity index (χ1v) is 15.6. The smallest absolute Gasteiger partial charge is 0.235 e. The monoisotopic (exact) mass is 578 g/mol. The zero-order chi connectivity index (χ0) is 29.6. The van der Waals surface area contributed by atoms with Crippen molar-refractivity contribution >= 4 is 85.8 Å². The van der Waals surface area contributed by atoms with Crippen LogP contribution < -0.4 is 0 Å². The van der Waals surface area contributed by atoms with Gasteiger partial charge in [0.25, 0.3) is 0 Å². The van der Waals surface area contributed by atoms with Gasteiger partial charge in [-0.15, -0.1) is 11.3 Å². The normalized spacial score (nSPS) is 12.4. The molecule has 10 rings (SSSR count). The van der Waals surface area contributed by atoms with Gasteiger partial charge in [0.2, 0.25) is 5.95 Å². The van der Waals surface area contributed by atoms with Crippen LogP contribution in [0.25, 0.3) is 91.6 Å². The summed E-state index contributed by atoms with van der Waals surface area (Å²) in [6, 6.07) is 46.9. The minimum absolute atomic E-state index is 0.516. The minimum atomic E-state index is 0.516. The lowest BCUT2D eigenvalue weighted by Gasteiger charge is -2.12. The molecule has 0 radical (unpaired) electrons. The topological polar surface area (TPSA) is 30.7 Å². The summed E-state index contributed by atoms with van der Waals surface area (Å²) < 4.78 is 13.8. The number of hydrogen-bond donors (Lipinski definition) is 0. The Morgan fingerprint density at radius 2 is 1.25 bits per heavy atom. The maximum atomic E-state index is 9.11. The van der Waals surface area contributed by atoms with E-state index in [9.17, 15) is 0 Å². The number of nitrogens with zero attached hydrogens (tertiary/aromatic N) is 3. The molecule has 0 saturated heterocycles. The van der Waals surface area contributed by atoms with Gasteiger partial charge in [0.15, 0.2) is 0 Å². The fraction of sp³-hybridized carbons (Fsp3) is 0. The van der Waals surface area contributed by atoms with Gasteiger partial charge in [0.05, 0.1) is 28.3 Å². The van der Waals surface area contributed by atoms with Crippen molar-refractivity contribution in [1.29, 1.82) is 0 Å². The summed E-state index contributed by atoms with van der Waals surface area (Å²) in [4.78, 5) is 10.6. The fourth-order valence-corrected chi connectivity index (χ4v) is 8.30. The Morgan fingerprint density at radius 3 is 2.11 bits per heavy atom. The average Bonchev–Trinajstić information content (AvgIpc) is 3.65. The largest absolute Gasteiger partial charge is 0.276 e. The molecule has 0 aliphatic heterocycles. The van der Waals surface area contributed by atoms with Crippen LogP contribution in [0.1, 0.15) is 1.37 Å². The van der Waals surface area contributed by atoms with E-state index in [2.05, 4.69) is 108 Å². The highest BCUT2D eigenvalue weighted by atomic mass is 32.1. The van der Waals surface area contributed by atoms with Crippen molar-refractivity contribution in [2.75, 3.05) is 0 Å². The van der Waals surface area contributed by atoms with E-state index in [-0.39, 0.29) is 0 Å². The molecule has 3 heterocycles. The molecule has 0 aliphatic carbocycles. The van der Waals surface area contributed by atoms with Gasteiger partial charge < -0.3 is 0 Å². The summed E-state index contributed by atoms with van der Waals surface area (Å²) in [5.74, 6) is 0.628. The molecule has 10 aromatic rings. The second-order valence-electron chi connectivity index (χ2n) is 11.3. The average molecular weight is 579 g/mol. The molecule has 0 atom stereocenters. The summed E-state index contributed by atoms with van der Waals surface area (Å²) in [5.41, 5.74) is 4.94. The predicted molar refractivity (Wildman–Crippen MR) is 187 cm³/mol. The van der Waals surface area contributed by atoms with Crippen LogP contribution in [0.5, 0.6) is 0 Å². The molecule has 204 valence electrons. The van der Waals surface area contributed by atoms with Gasteiger partial charge in [-0.2, -0.15) is 0 Å². The van der Waals surface area contributed by atoms with E-state index in [4.69, 9.17) is 11.3 Å². The highest BCUT2D eigenvalue weighted by Gasteiger charge is 2.24. The van der Waals surface area contributed by atoms with Crippen LogP contribution in [-0.2, 0) is 0 Å². The first-order chi connectivity index (χ1) is 22.3. The van der Waals surface area contributed by atoms with Gasteiger partial charge in [-0.25, -0.2) is 9.97 Å². The van der Waals surface area contributed by atoms with E-state index in [0.29, 0.717) is 12.0 Å². The standard InChI is InChI=1S/C40H23N3S/c1-2-13-25(14-3-1)37-29-18-8-10-20-31(29)41-40(42-37)43-32-23-22-24-12-4-5-15-26(24)35(32)36-28-17-7-6-16-27(28)34-30-19-9-11-21-33(30)44-39(34)38(36)43/h1-23H/i15D. The SMILES string of the molecule is [2H]c1cccc2ccc3c(c12)c1c2ccccc2c2c4ccccc4sc2c1n3-c1nc(-c2ccccc2)c2ccccc2n1. The van der Waals surface area contributed by atoms with Crippen LogP contribution in [0.3, 0.4) is 0 Å². The van der Waals surface area contributed by atoms with Crippen molar-refractivity contribution in [3.05, 3.63) is 140 Å². The summed E-state index contributed by atoms with van der Waals surface area (Å²) in [7, 11) is 0. The minimum Gasteiger partial charge on any atom is -0.276 e. The second kappa shape index (κ2) is 8.96. The lowest BCUT2D eigenvalue weighted by atomic mass is 9.97. The maximum absolute atomic E-state index is 9.11. The number of rotatable bonds is 2. The third kappa shape index (κ3) is 3.20. The molecule has 7 aromatic carbocycles. The first-order valence-electron chi connectivity index (χ1n) is 15.3. The number of thiophene rings is 1. The molecule has 0 amide bonds. The predicted octanol–water partition coefficient (Wildman–Crippen LogP) is 11.1. The second-order valence-corrected chi connectivity index (χ2v) is 12.3. The van der Waals surface area contributed by atoms with Crippen LogP contribution >= 0.6 is 11.3 Å². The van der Waals surface area contributed by atoms with Crippen molar-refractivity contribution < 1.29 is 1.37 Å². The zero-order valence-corrected chi connectivity index (χ0v) is 24.3. The number of fused-ring (bicyclic) bond motifs is 13. The van der Waals surface area contributed by atoms with Crippen molar-refractivity contribution in [1.82, 2.24) is 14.5 Å². The van der Waals surface area contributed by atoms with Gasteiger partial charge in [-0.05, 0) is 39.7 Å². The van der Waals surface area contributed by atoms with Gasteiger partial charge in [-0.3, -0.25) is 4.57 Å². The Morgan fingerprint density at radius 1 is 0.545 bits per heavy atom. The number of para-hydroxylation sites is 1. The summed E-state index contributed by atoms with van der Waals surface area (Å²) in [5, 5.41) is 10.1. The van der Waals surface area contributed by atoms with Crippen molar-refractivity contribution in [2.24, 2.45) is 0 Å². The molecule has 0 N–H and O–H groups in total. The highest BCUT2D eigenvalue weighted by Crippen LogP contribution is 2.49. The summed E-state index contributed by atoms with van der Waals surface area (Å²) in [6.07, 6.45) is 0. The van der Waals surface area contributed by atoms with Crippen LogP contribution in [0.15, 0.2) is 140 Å². The lowest BCUT2D eigenvalue weighted by Crippen LogP contribution is -2.03. The first kappa shape index (κ1) is 22.9. The van der Waals surface area contributed by atoms with E-state index in [0.717, 1.165) is 54.7 Å². The Hall–Kier alpha value is -5.58. The van der Waals surface area contributed by atoms with Crippen LogP contribution in [0, 0.1) is 0 Å². The molecule has 0 saturated carbocycles. The Balaban J connectivity index is 1.51. The van der Waals surface area contributed by atoms with Crippen molar-refractivity contribution in [3.63, 3.8) is 0 Å². The Kier molecular flexibility index (Phi) is 4.67. The van der Waals surface area contributed by atoms with Gasteiger partial charge in [0, 0.05) is 37.2 Å². The number of aromatic nitrogens is 3. The van der Waals surface area contributed by atoms with E-state index in [1.807, 2.05) is 41.7 Å². The Bertz CT molecular complexity index is 2830. The maximum Gasteiger partial charge on any atom is 0.235 e. The molecular weight excluding hydrogens is 555 g/mol. The molecule has 4 heteroatoms. The molecule has 0 unspecified atom stereocenters. The quantitative estimate of drug-likeness (QED) is 0.204. The van der Waals surface area contributed by atoms with Crippen LogP contribution in [-0.4, -0.2) is 14.5 Å². The molecule has 44 heavy (non-hydrogen) atoms. The molecule has 0 fully saturated rings. The lowest BCUT2D eigenvalue weighted by molar-refractivity contribution is 1.02. The molecule has 0 aliphatic rings. The molecule has 3 nitrogen and oxygen atoms in total. The Labute approximate surface area is 257 Å². The third-order valence-electron chi connectivity index (χ3n) is 8.88. The summed E-state index contributed by atoms with van der Waals surface area (Å²) in [6.45, 7) is 0. The number of hydrogen-bond acceptors (Lipinski definition) is 3. The third-order valence-corrected chi connectivity index (χ3v) is 10.1. The summed E-state index contributed by atoms with van der Waals surface area (Å²) >= 11 is 1.82. The molecule has 3 aromatic heterocycles. The van der Waals surface area contributed by atoms with Gasteiger partial charge in [-0.1, -0.05) is 121 Å². The van der Waals surface area contributed by atoms with Gasteiger partial charge >= 0.3 is 0 Å². The number of benzene rings is 7. The van der Waals surface area contributed by atoms with E-state index in [1.165, 1.54) is 30.9 Å². The molecule has 0 spiro atoms. The van der Waals surface area contributed by atoms with Crippen molar-refractivity contribution in [2.45, 2.75) is 0 Å². The van der Waals surface area contributed by atoms with Crippen LogP contribution in [0.4, 0.5) is 0 Å². The molecular formula is C40H23N3S.